The zero-order chi connectivity index (χ0) is 48.1. The smallest absolute Gasteiger partial charge is 0.307 e. The minimum atomic E-state index is -0.291. The Morgan fingerprint density at radius 2 is 0.343 bits per heavy atom. The lowest BCUT2D eigenvalue weighted by Gasteiger charge is -2.09. The lowest BCUT2D eigenvalue weighted by molar-refractivity contribution is -0.141. The van der Waals surface area contributed by atoms with Crippen LogP contribution in [0, 0.1) is 0 Å². The number of carbonyl (C=O) groups excluding carboxylic acids is 1. The molecule has 0 aliphatic rings. The predicted molar refractivity (Wildman–Crippen MR) is 242 cm³/mol. The van der Waals surface area contributed by atoms with E-state index in [1.54, 1.807) is 0 Å². The highest BCUT2D eigenvalue weighted by Crippen LogP contribution is 1.91. The van der Waals surface area contributed by atoms with Crippen LogP contribution in [0.2, 0.25) is 0 Å². The van der Waals surface area contributed by atoms with Gasteiger partial charge in [-0.1, -0.05) is 0 Å². The van der Waals surface area contributed by atoms with Crippen molar-refractivity contribution in [3.63, 3.8) is 0 Å². The number of methoxy groups -OCH3 is 1. The Morgan fingerprint density at radius 3 is 0.463 bits per heavy atom. The molecule has 0 amide bonds. The van der Waals surface area contributed by atoms with E-state index < -0.39 is 0 Å². The van der Waals surface area contributed by atoms with Gasteiger partial charge < -0.3 is 105 Å². The molecule has 23 heteroatoms. The van der Waals surface area contributed by atoms with Crippen LogP contribution in [0.5, 0.6) is 0 Å². The molecule has 0 saturated heterocycles. The molecule has 0 aliphatic carbocycles. The third-order valence-corrected chi connectivity index (χ3v) is 8.01. The second-order valence-corrected chi connectivity index (χ2v) is 13.4. The Labute approximate surface area is 399 Å². The molecule has 23 nitrogen and oxygen atoms in total. The van der Waals surface area contributed by atoms with Crippen LogP contribution in [-0.2, 0) is 104 Å². The quantitative estimate of drug-likeness (QED) is 0.0616. The fourth-order valence-electron chi connectivity index (χ4n) is 4.62. The number of ether oxygens (including phenoxy) is 21. The monoisotopic (exact) mass is 984 g/mol. The second-order valence-electron chi connectivity index (χ2n) is 13.4. The third kappa shape index (κ3) is 62.6. The van der Waals surface area contributed by atoms with E-state index in [9.17, 15) is 4.79 Å². The number of nitrogens with two attached hydrogens (primary N) is 1. The fourth-order valence-corrected chi connectivity index (χ4v) is 4.62. The molecule has 0 bridgehead atoms. The van der Waals surface area contributed by atoms with Crippen molar-refractivity contribution in [2.24, 2.45) is 5.73 Å². The van der Waals surface area contributed by atoms with E-state index in [1.165, 1.54) is 7.11 Å². The summed E-state index contributed by atoms with van der Waals surface area (Å²) in [6.45, 7) is 20.0. The van der Waals surface area contributed by atoms with E-state index in [1.807, 2.05) is 0 Å². The molecule has 0 spiro atoms. The first kappa shape index (κ1) is 65.6. The predicted octanol–water partition coefficient (Wildman–Crippen LogP) is -0.160. The fraction of sp³-hybridized carbons (Fsp3) is 0.977. The van der Waals surface area contributed by atoms with E-state index >= 15 is 0 Å². The average molecular weight is 984 g/mol. The van der Waals surface area contributed by atoms with Gasteiger partial charge in [0.05, 0.1) is 278 Å². The maximum absolute atomic E-state index is 11.0. The van der Waals surface area contributed by atoms with E-state index in [0.717, 1.165) is 0 Å². The van der Waals surface area contributed by atoms with Gasteiger partial charge >= 0.3 is 5.97 Å². The SMILES string of the molecule is COC(=O)CCOCCOCCOCCOCCOCCOCCOCCOCCOCCOCCOCCOCCOCCOCCOCCOCCOCCOCCOCCOCCN. The van der Waals surface area contributed by atoms with Crippen LogP contribution in [0.3, 0.4) is 0 Å². The Kier molecular flexibility index (Phi) is 61.4. The number of carbonyl (C=O) groups is 1. The van der Waals surface area contributed by atoms with Gasteiger partial charge in [0.2, 0.25) is 0 Å². The minimum absolute atomic E-state index is 0.238. The summed E-state index contributed by atoms with van der Waals surface area (Å²) in [5.74, 6) is -0.291. The van der Waals surface area contributed by atoms with Gasteiger partial charge in [-0.3, -0.25) is 4.79 Å². The highest BCUT2D eigenvalue weighted by molar-refractivity contribution is 5.69. The molecule has 0 atom stereocenters. The molecule has 0 saturated carbocycles. The average Bonchev–Trinajstić information content (AvgIpc) is 3.34. The molecule has 0 fully saturated rings. The molecular formula is C44H89NO22. The molecule has 0 radical (unpaired) electrons. The maximum Gasteiger partial charge on any atom is 0.307 e. The molecule has 402 valence electrons. The Balaban J connectivity index is 3.07. The van der Waals surface area contributed by atoms with Gasteiger partial charge in [-0.2, -0.15) is 0 Å². The topological polar surface area (TPSA) is 237 Å². The molecule has 67 heavy (non-hydrogen) atoms. The number of esters is 1. The zero-order valence-electron chi connectivity index (χ0n) is 40.8. The van der Waals surface area contributed by atoms with Crippen molar-refractivity contribution >= 4 is 5.97 Å². The number of rotatable bonds is 62. The first-order valence-corrected chi connectivity index (χ1v) is 23.6. The highest BCUT2D eigenvalue weighted by Gasteiger charge is 2.01. The van der Waals surface area contributed by atoms with Crippen LogP contribution in [-0.4, -0.2) is 284 Å². The van der Waals surface area contributed by atoms with Crippen molar-refractivity contribution < 1.29 is 104 Å². The molecule has 0 aliphatic heterocycles. The van der Waals surface area contributed by atoms with E-state index in [2.05, 4.69) is 4.74 Å². The van der Waals surface area contributed by atoms with Gasteiger partial charge in [-0.15, -0.1) is 0 Å². The van der Waals surface area contributed by atoms with Crippen LogP contribution in [0.15, 0.2) is 0 Å². The zero-order valence-corrected chi connectivity index (χ0v) is 40.8. The molecular weight excluding hydrogens is 894 g/mol. The van der Waals surface area contributed by atoms with Crippen molar-refractivity contribution in [2.45, 2.75) is 6.42 Å². The summed E-state index contributed by atoms with van der Waals surface area (Å²) in [5, 5.41) is 0. The van der Waals surface area contributed by atoms with Gasteiger partial charge in [-0.05, 0) is 0 Å². The number of hydrogen-bond acceptors (Lipinski definition) is 23. The van der Waals surface area contributed by atoms with Crippen molar-refractivity contribution in [1.29, 1.82) is 0 Å². The molecule has 0 aromatic heterocycles. The third-order valence-electron chi connectivity index (χ3n) is 8.01. The standard InChI is InChI=1S/C44H89NO22/c1-47-44(46)2-4-48-6-8-50-10-12-52-14-16-54-18-20-56-22-24-58-26-28-60-30-32-62-34-36-64-38-40-66-42-43-67-41-39-65-37-35-63-33-31-61-29-27-59-25-23-57-21-19-55-17-15-53-13-11-51-9-7-49-5-3-45/h2-43,45H2,1H3. The molecule has 0 aromatic rings. The highest BCUT2D eigenvalue weighted by atomic mass is 16.6. The van der Waals surface area contributed by atoms with Crippen LogP contribution >= 0.6 is 0 Å². The summed E-state index contributed by atoms with van der Waals surface area (Å²) in [6.07, 6.45) is 0.238. The van der Waals surface area contributed by atoms with Gasteiger partial charge in [0, 0.05) is 6.54 Å². The van der Waals surface area contributed by atoms with Gasteiger partial charge in [-0.25, -0.2) is 0 Å². The first-order chi connectivity index (χ1) is 33.3. The van der Waals surface area contributed by atoms with Gasteiger partial charge in [0.1, 0.15) is 0 Å². The summed E-state index contributed by atoms with van der Waals surface area (Å²) in [4.78, 5) is 11.0. The van der Waals surface area contributed by atoms with Crippen molar-refractivity contribution in [3.05, 3.63) is 0 Å². The van der Waals surface area contributed by atoms with E-state index in [-0.39, 0.29) is 12.4 Å². The molecule has 0 rings (SSSR count). The summed E-state index contributed by atoms with van der Waals surface area (Å²) < 4.78 is 114. The van der Waals surface area contributed by atoms with Crippen LogP contribution in [0.1, 0.15) is 6.42 Å². The van der Waals surface area contributed by atoms with Crippen molar-refractivity contribution in [3.8, 4) is 0 Å². The Hall–Kier alpha value is -1.37. The normalized spacial score (nSPS) is 11.6. The van der Waals surface area contributed by atoms with Crippen LogP contribution in [0.25, 0.3) is 0 Å². The van der Waals surface area contributed by atoms with Crippen molar-refractivity contribution in [1.82, 2.24) is 0 Å². The molecule has 0 heterocycles. The summed E-state index contributed by atoms with van der Waals surface area (Å²) >= 11 is 0. The summed E-state index contributed by atoms with van der Waals surface area (Å²) in [5.41, 5.74) is 5.34. The maximum atomic E-state index is 11.0. The lowest BCUT2D eigenvalue weighted by atomic mass is 10.5. The van der Waals surface area contributed by atoms with Crippen LogP contribution in [0.4, 0.5) is 0 Å². The molecule has 2 N–H and O–H groups in total. The van der Waals surface area contributed by atoms with Gasteiger partial charge in [0.25, 0.3) is 0 Å². The van der Waals surface area contributed by atoms with E-state index in [4.69, 9.17) is 100 Å². The molecule has 0 aromatic carbocycles. The lowest BCUT2D eigenvalue weighted by Crippen LogP contribution is -2.16. The summed E-state index contributed by atoms with van der Waals surface area (Å²) in [7, 11) is 1.35. The summed E-state index contributed by atoms with van der Waals surface area (Å²) in [6, 6.07) is 0. The molecule has 0 unspecified atom stereocenters. The Bertz CT molecular complexity index is 907. The second kappa shape index (κ2) is 62.6. The Morgan fingerprint density at radius 1 is 0.224 bits per heavy atom. The first-order valence-electron chi connectivity index (χ1n) is 23.6. The minimum Gasteiger partial charge on any atom is -0.469 e. The largest absolute Gasteiger partial charge is 0.469 e. The van der Waals surface area contributed by atoms with Crippen molar-refractivity contribution in [2.75, 3.05) is 278 Å². The van der Waals surface area contributed by atoms with Crippen LogP contribution < -0.4 is 5.73 Å². The van der Waals surface area contributed by atoms with E-state index in [0.29, 0.717) is 271 Å². The van der Waals surface area contributed by atoms with Gasteiger partial charge in [0.15, 0.2) is 0 Å². The number of hydrogen-bond donors (Lipinski definition) is 1.